The highest BCUT2D eigenvalue weighted by Gasteiger charge is 2.31. The van der Waals surface area contributed by atoms with Gasteiger partial charge in [0.2, 0.25) is 5.91 Å². The molecule has 2 fully saturated rings. The summed E-state index contributed by atoms with van der Waals surface area (Å²) < 4.78 is 5.76. The van der Waals surface area contributed by atoms with Gasteiger partial charge in [0.05, 0.1) is 18.3 Å². The lowest BCUT2D eigenvalue weighted by Gasteiger charge is -2.39. The predicted molar refractivity (Wildman–Crippen MR) is 101 cm³/mol. The summed E-state index contributed by atoms with van der Waals surface area (Å²) in [5, 5.41) is 0. The number of likely N-dealkylation sites (N-methyl/N-ethyl adjacent to an activating group) is 1. The van der Waals surface area contributed by atoms with Crippen molar-refractivity contribution in [2.24, 2.45) is 0 Å². The van der Waals surface area contributed by atoms with E-state index in [0.717, 1.165) is 50.6 Å². The van der Waals surface area contributed by atoms with Crippen molar-refractivity contribution < 1.29 is 9.53 Å². The van der Waals surface area contributed by atoms with Crippen molar-refractivity contribution in [2.45, 2.75) is 38.6 Å². The van der Waals surface area contributed by atoms with E-state index < -0.39 is 0 Å². The van der Waals surface area contributed by atoms with E-state index in [2.05, 4.69) is 33.9 Å². The molecule has 5 nitrogen and oxygen atoms in total. The van der Waals surface area contributed by atoms with Crippen LogP contribution in [0.3, 0.4) is 0 Å². The molecule has 0 saturated carbocycles. The maximum absolute atomic E-state index is 13.0. The van der Waals surface area contributed by atoms with E-state index in [-0.39, 0.29) is 6.04 Å². The van der Waals surface area contributed by atoms with Crippen LogP contribution in [0.25, 0.3) is 0 Å². The molecule has 3 rings (SSSR count). The summed E-state index contributed by atoms with van der Waals surface area (Å²) in [5.74, 6) is 1.26. The van der Waals surface area contributed by atoms with Crippen molar-refractivity contribution in [3.05, 3.63) is 24.3 Å². The molecule has 0 radical (unpaired) electrons. The molecule has 2 aliphatic rings. The Morgan fingerprint density at radius 2 is 1.84 bits per heavy atom. The SMILES string of the molecule is CCOc1ccccc1N1CCN(C(=O)C2CCCCCN2C)CC1. The fourth-order valence-electron chi connectivity index (χ4n) is 3.94. The zero-order valence-corrected chi connectivity index (χ0v) is 15.6. The lowest BCUT2D eigenvalue weighted by molar-refractivity contribution is -0.136. The molecule has 0 spiro atoms. The molecule has 1 amide bonds. The number of anilines is 1. The van der Waals surface area contributed by atoms with Gasteiger partial charge in [-0.2, -0.15) is 0 Å². The third kappa shape index (κ3) is 4.27. The molecular weight excluding hydrogens is 314 g/mol. The zero-order chi connectivity index (χ0) is 17.6. The van der Waals surface area contributed by atoms with E-state index in [4.69, 9.17) is 4.74 Å². The van der Waals surface area contributed by atoms with Gasteiger partial charge in [-0.05, 0) is 45.5 Å². The Morgan fingerprint density at radius 3 is 2.60 bits per heavy atom. The molecular formula is C20H31N3O2. The van der Waals surface area contributed by atoms with E-state index in [1.165, 1.54) is 19.3 Å². The van der Waals surface area contributed by atoms with Gasteiger partial charge >= 0.3 is 0 Å². The molecule has 5 heteroatoms. The van der Waals surface area contributed by atoms with Crippen molar-refractivity contribution in [1.29, 1.82) is 0 Å². The second kappa shape index (κ2) is 8.56. The standard InChI is InChI=1S/C20H31N3O2/c1-3-25-19-11-7-6-9-17(19)22-13-15-23(16-14-22)20(24)18-10-5-4-8-12-21(18)2/h6-7,9,11,18H,3-5,8,10,12-16H2,1-2H3. The first-order valence-corrected chi connectivity index (χ1v) is 9.66. The number of hydrogen-bond donors (Lipinski definition) is 0. The molecule has 25 heavy (non-hydrogen) atoms. The number of likely N-dealkylation sites (tertiary alicyclic amines) is 1. The molecule has 2 saturated heterocycles. The Hall–Kier alpha value is -1.75. The van der Waals surface area contributed by atoms with Gasteiger partial charge in [-0.25, -0.2) is 0 Å². The average molecular weight is 345 g/mol. The zero-order valence-electron chi connectivity index (χ0n) is 15.6. The summed E-state index contributed by atoms with van der Waals surface area (Å²) in [6.07, 6.45) is 4.63. The number of carbonyl (C=O) groups excluding carboxylic acids is 1. The monoisotopic (exact) mass is 345 g/mol. The first-order valence-electron chi connectivity index (χ1n) is 9.66. The van der Waals surface area contributed by atoms with E-state index in [1.54, 1.807) is 0 Å². The number of amides is 1. The van der Waals surface area contributed by atoms with Crippen LogP contribution in [0.2, 0.25) is 0 Å². The highest BCUT2D eigenvalue weighted by molar-refractivity contribution is 5.82. The first-order chi connectivity index (χ1) is 12.2. The number of benzene rings is 1. The molecule has 1 unspecified atom stereocenters. The summed E-state index contributed by atoms with van der Waals surface area (Å²) >= 11 is 0. The quantitative estimate of drug-likeness (QED) is 0.840. The third-order valence-corrected chi connectivity index (χ3v) is 5.40. The molecule has 1 aromatic rings. The second-order valence-electron chi connectivity index (χ2n) is 7.06. The van der Waals surface area contributed by atoms with Crippen LogP contribution in [-0.4, -0.2) is 68.1 Å². The molecule has 0 bridgehead atoms. The van der Waals surface area contributed by atoms with Crippen LogP contribution in [0.4, 0.5) is 5.69 Å². The summed E-state index contributed by atoms with van der Waals surface area (Å²) in [6.45, 7) is 7.05. The van der Waals surface area contributed by atoms with Gasteiger partial charge in [0.1, 0.15) is 5.75 Å². The fourth-order valence-corrected chi connectivity index (χ4v) is 3.94. The summed E-state index contributed by atoms with van der Waals surface area (Å²) in [7, 11) is 2.10. The van der Waals surface area contributed by atoms with Crippen molar-refractivity contribution in [1.82, 2.24) is 9.80 Å². The van der Waals surface area contributed by atoms with Gasteiger partial charge in [-0.1, -0.05) is 25.0 Å². The molecule has 138 valence electrons. The van der Waals surface area contributed by atoms with E-state index in [9.17, 15) is 4.79 Å². The van der Waals surface area contributed by atoms with Gasteiger partial charge in [-0.3, -0.25) is 9.69 Å². The van der Waals surface area contributed by atoms with E-state index in [1.807, 2.05) is 19.1 Å². The van der Waals surface area contributed by atoms with E-state index in [0.29, 0.717) is 12.5 Å². The van der Waals surface area contributed by atoms with Crippen LogP contribution in [0.1, 0.15) is 32.6 Å². The number of para-hydroxylation sites is 2. The molecule has 2 heterocycles. The van der Waals surface area contributed by atoms with E-state index >= 15 is 0 Å². The van der Waals surface area contributed by atoms with Crippen LogP contribution in [0, 0.1) is 0 Å². The van der Waals surface area contributed by atoms with Gasteiger partial charge in [0.25, 0.3) is 0 Å². The van der Waals surface area contributed by atoms with Crippen molar-refractivity contribution in [2.75, 3.05) is 51.3 Å². The van der Waals surface area contributed by atoms with Crippen LogP contribution in [0.5, 0.6) is 5.75 Å². The number of rotatable bonds is 4. The number of piperazine rings is 1. The summed E-state index contributed by atoms with van der Waals surface area (Å²) in [6, 6.07) is 8.27. The number of hydrogen-bond acceptors (Lipinski definition) is 4. The lowest BCUT2D eigenvalue weighted by Crippen LogP contribution is -2.54. The van der Waals surface area contributed by atoms with Gasteiger partial charge in [-0.15, -0.1) is 0 Å². The van der Waals surface area contributed by atoms with Crippen molar-refractivity contribution in [3.8, 4) is 5.75 Å². The smallest absolute Gasteiger partial charge is 0.240 e. The molecule has 1 aromatic carbocycles. The summed E-state index contributed by atoms with van der Waals surface area (Å²) in [4.78, 5) is 19.6. The lowest BCUT2D eigenvalue weighted by atomic mass is 10.1. The Labute approximate surface area is 151 Å². The van der Waals surface area contributed by atoms with Crippen molar-refractivity contribution >= 4 is 11.6 Å². The van der Waals surface area contributed by atoms with Crippen LogP contribution in [0.15, 0.2) is 24.3 Å². The normalized spacial score (nSPS) is 22.6. The van der Waals surface area contributed by atoms with Gasteiger partial charge in [0, 0.05) is 26.2 Å². The first kappa shape index (κ1) is 18.1. The minimum Gasteiger partial charge on any atom is -0.492 e. The molecule has 0 aliphatic carbocycles. The Kier molecular flexibility index (Phi) is 6.19. The highest BCUT2D eigenvalue weighted by Crippen LogP contribution is 2.29. The largest absolute Gasteiger partial charge is 0.492 e. The fraction of sp³-hybridized carbons (Fsp3) is 0.650. The minimum absolute atomic E-state index is 0.0739. The maximum atomic E-state index is 13.0. The highest BCUT2D eigenvalue weighted by atomic mass is 16.5. The third-order valence-electron chi connectivity index (χ3n) is 5.40. The van der Waals surface area contributed by atoms with Crippen LogP contribution in [-0.2, 0) is 4.79 Å². The molecule has 0 aromatic heterocycles. The molecule has 1 atom stereocenters. The topological polar surface area (TPSA) is 36.0 Å². The average Bonchev–Trinajstić information content (AvgIpc) is 2.86. The van der Waals surface area contributed by atoms with Gasteiger partial charge < -0.3 is 14.5 Å². The maximum Gasteiger partial charge on any atom is 0.240 e. The van der Waals surface area contributed by atoms with Gasteiger partial charge in [0.15, 0.2) is 0 Å². The van der Waals surface area contributed by atoms with Crippen LogP contribution >= 0.6 is 0 Å². The number of carbonyl (C=O) groups is 1. The second-order valence-corrected chi connectivity index (χ2v) is 7.06. The predicted octanol–water partition coefficient (Wildman–Crippen LogP) is 2.61. The number of ether oxygens (including phenoxy) is 1. The summed E-state index contributed by atoms with van der Waals surface area (Å²) in [5.41, 5.74) is 1.14. The van der Waals surface area contributed by atoms with Crippen LogP contribution < -0.4 is 9.64 Å². The Balaban J connectivity index is 1.61. The Bertz CT molecular complexity index is 570. The molecule has 2 aliphatic heterocycles. The molecule has 0 N–H and O–H groups in total. The number of nitrogens with zero attached hydrogens (tertiary/aromatic N) is 3. The van der Waals surface area contributed by atoms with Crippen molar-refractivity contribution in [3.63, 3.8) is 0 Å². The minimum atomic E-state index is 0.0739. The Morgan fingerprint density at radius 1 is 1.08 bits per heavy atom.